The molecule has 0 spiro atoms. The topological polar surface area (TPSA) is 43.1 Å². The third-order valence-corrected chi connectivity index (χ3v) is 3.40. The fraction of sp³-hybridized carbons (Fsp3) is 0.286. The van der Waals surface area contributed by atoms with Gasteiger partial charge in [0.1, 0.15) is 0 Å². The summed E-state index contributed by atoms with van der Waals surface area (Å²) in [6.45, 7) is 3.79. The minimum absolute atomic E-state index is 0.00217. The predicted molar refractivity (Wildman–Crippen MR) is 73.6 cm³/mol. The van der Waals surface area contributed by atoms with Crippen LogP contribution in [0.3, 0.4) is 0 Å². The van der Waals surface area contributed by atoms with E-state index in [9.17, 15) is 4.79 Å². The summed E-state index contributed by atoms with van der Waals surface area (Å²) in [4.78, 5) is 16.2. The number of aromatic nitrogens is 1. The molecule has 0 aliphatic heterocycles. The Labute approximate surface area is 114 Å². The third-order valence-electron chi connectivity index (χ3n) is 2.71. The van der Waals surface area contributed by atoms with Crippen LogP contribution in [-0.2, 0) is 6.42 Å². The van der Waals surface area contributed by atoms with Crippen molar-refractivity contribution in [1.29, 1.82) is 0 Å². The van der Waals surface area contributed by atoms with Crippen LogP contribution in [0.1, 0.15) is 36.5 Å². The van der Waals surface area contributed by atoms with Crippen LogP contribution in [-0.4, -0.2) is 10.8 Å². The van der Waals surface area contributed by atoms with Crippen molar-refractivity contribution in [3.63, 3.8) is 0 Å². The summed E-state index contributed by atoms with van der Waals surface area (Å²) in [5, 5.41) is 0. The molecule has 0 radical (unpaired) electrons. The number of Topliss-reactive ketones (excluding diaryl/α,β-unsaturated/α-hetero) is 1. The Morgan fingerprint density at radius 3 is 2.67 bits per heavy atom. The largest absolute Gasteiger partial charge is 0.433 e. The molecule has 2 rings (SSSR count). The van der Waals surface area contributed by atoms with E-state index in [1.165, 1.54) is 0 Å². The molecule has 18 heavy (non-hydrogen) atoms. The van der Waals surface area contributed by atoms with Gasteiger partial charge >= 0.3 is 0 Å². The molecular weight excluding hydrogens is 294 g/mol. The number of aryl methyl sites for hydroxylation is 1. The molecule has 0 atom stereocenters. The van der Waals surface area contributed by atoms with E-state index in [2.05, 4.69) is 20.9 Å². The zero-order chi connectivity index (χ0) is 13.1. The van der Waals surface area contributed by atoms with Crippen LogP contribution in [0, 0.1) is 0 Å². The van der Waals surface area contributed by atoms with Gasteiger partial charge in [-0.05, 0) is 34.5 Å². The fourth-order valence-corrected chi connectivity index (χ4v) is 2.17. The Kier molecular flexibility index (Phi) is 3.97. The van der Waals surface area contributed by atoms with Crippen molar-refractivity contribution in [2.24, 2.45) is 0 Å². The summed E-state index contributed by atoms with van der Waals surface area (Å²) >= 11 is 3.46. The minimum atomic E-state index is -0.00217. The number of carbonyl (C=O) groups is 1. The zero-order valence-electron chi connectivity index (χ0n) is 10.4. The lowest BCUT2D eigenvalue weighted by Crippen LogP contribution is -1.98. The lowest BCUT2D eigenvalue weighted by molar-refractivity contribution is 0.0961. The summed E-state index contributed by atoms with van der Waals surface area (Å²) in [7, 11) is 0. The number of hydrogen-bond acceptors (Lipinski definition) is 3. The van der Waals surface area contributed by atoms with Gasteiger partial charge in [0.15, 0.2) is 11.5 Å². The normalized spacial score (nSPS) is 10.6. The average molecular weight is 308 g/mol. The van der Waals surface area contributed by atoms with Crippen LogP contribution >= 0.6 is 15.9 Å². The number of rotatable bonds is 4. The minimum Gasteiger partial charge on any atom is -0.433 e. The van der Waals surface area contributed by atoms with Crippen molar-refractivity contribution in [3.05, 3.63) is 40.2 Å². The number of benzene rings is 1. The van der Waals surface area contributed by atoms with E-state index >= 15 is 0 Å². The molecule has 1 heterocycles. The molecule has 4 heteroatoms. The first-order valence-electron chi connectivity index (χ1n) is 5.95. The van der Waals surface area contributed by atoms with Crippen molar-refractivity contribution in [2.45, 2.75) is 26.7 Å². The first kappa shape index (κ1) is 13.0. The van der Waals surface area contributed by atoms with Gasteiger partial charge in [-0.2, -0.15) is 0 Å². The van der Waals surface area contributed by atoms with Crippen LogP contribution in [0.2, 0.25) is 0 Å². The zero-order valence-corrected chi connectivity index (χ0v) is 12.0. The molecular formula is C14H14BrNO2. The number of nitrogens with zero attached hydrogens (tertiary/aromatic N) is 1. The first-order chi connectivity index (χ1) is 8.67. The quantitative estimate of drug-likeness (QED) is 0.793. The predicted octanol–water partition coefficient (Wildman–Crippen LogP) is 4.26. The van der Waals surface area contributed by atoms with Crippen LogP contribution in [0.25, 0.3) is 11.5 Å². The lowest BCUT2D eigenvalue weighted by Gasteiger charge is -1.97. The summed E-state index contributed by atoms with van der Waals surface area (Å²) in [5.74, 6) is 0.888. The van der Waals surface area contributed by atoms with Gasteiger partial charge in [-0.3, -0.25) is 4.79 Å². The molecule has 0 aliphatic carbocycles. The maximum absolute atomic E-state index is 11.8. The Hall–Kier alpha value is -1.42. The van der Waals surface area contributed by atoms with E-state index in [0.29, 0.717) is 24.5 Å². The van der Waals surface area contributed by atoms with Gasteiger partial charge < -0.3 is 4.42 Å². The Morgan fingerprint density at radius 2 is 2.06 bits per heavy atom. The Morgan fingerprint density at radius 1 is 1.33 bits per heavy atom. The average Bonchev–Trinajstić information content (AvgIpc) is 2.82. The molecule has 0 saturated carbocycles. The van der Waals surface area contributed by atoms with Gasteiger partial charge in [-0.15, -0.1) is 0 Å². The van der Waals surface area contributed by atoms with E-state index in [0.717, 1.165) is 15.7 Å². The highest BCUT2D eigenvalue weighted by Crippen LogP contribution is 2.29. The van der Waals surface area contributed by atoms with Crippen molar-refractivity contribution in [1.82, 2.24) is 4.98 Å². The first-order valence-corrected chi connectivity index (χ1v) is 6.74. The van der Waals surface area contributed by atoms with E-state index in [1.54, 1.807) is 0 Å². The van der Waals surface area contributed by atoms with Crippen molar-refractivity contribution in [2.75, 3.05) is 0 Å². The number of oxazole rings is 1. The molecule has 1 aromatic carbocycles. The summed E-state index contributed by atoms with van der Waals surface area (Å²) < 4.78 is 6.54. The maximum Gasteiger partial charge on any atom is 0.228 e. The van der Waals surface area contributed by atoms with Gasteiger partial charge in [-0.1, -0.05) is 26.0 Å². The highest BCUT2D eigenvalue weighted by molar-refractivity contribution is 9.10. The van der Waals surface area contributed by atoms with E-state index in [4.69, 9.17) is 4.42 Å². The third kappa shape index (κ3) is 2.38. The molecule has 0 unspecified atom stereocenters. The van der Waals surface area contributed by atoms with Crippen molar-refractivity contribution in [3.8, 4) is 11.5 Å². The highest BCUT2D eigenvalue weighted by atomic mass is 79.9. The smallest absolute Gasteiger partial charge is 0.228 e. The van der Waals surface area contributed by atoms with Gasteiger partial charge in [0.05, 0.1) is 11.3 Å². The Bertz CT molecular complexity index is 575. The standard InChI is InChI=1S/C14H14BrNO2/c1-3-11-13(12(17)4-2)18-14(16-11)9-7-5-6-8-10(9)15/h5-8H,3-4H2,1-2H3. The molecule has 0 amide bonds. The lowest BCUT2D eigenvalue weighted by atomic mass is 10.2. The number of carbonyl (C=O) groups excluding carboxylic acids is 1. The monoisotopic (exact) mass is 307 g/mol. The van der Waals surface area contributed by atoms with Crippen molar-refractivity contribution < 1.29 is 9.21 Å². The molecule has 0 bridgehead atoms. The van der Waals surface area contributed by atoms with Gasteiger partial charge in [0.25, 0.3) is 0 Å². The summed E-state index contributed by atoms with van der Waals surface area (Å²) in [6, 6.07) is 7.68. The van der Waals surface area contributed by atoms with E-state index < -0.39 is 0 Å². The molecule has 2 aromatic rings. The Balaban J connectivity index is 2.51. The van der Waals surface area contributed by atoms with Gasteiger partial charge in [-0.25, -0.2) is 4.98 Å². The molecule has 94 valence electrons. The van der Waals surface area contributed by atoms with Crippen LogP contribution in [0.15, 0.2) is 33.2 Å². The summed E-state index contributed by atoms with van der Waals surface area (Å²) in [6.07, 6.45) is 1.12. The molecule has 0 aliphatic rings. The second-order valence-electron chi connectivity index (χ2n) is 3.90. The number of ketones is 1. The molecule has 3 nitrogen and oxygen atoms in total. The van der Waals surface area contributed by atoms with Crippen LogP contribution in [0.5, 0.6) is 0 Å². The van der Waals surface area contributed by atoms with Crippen LogP contribution in [0.4, 0.5) is 0 Å². The van der Waals surface area contributed by atoms with Crippen molar-refractivity contribution >= 4 is 21.7 Å². The molecule has 0 N–H and O–H groups in total. The fourth-order valence-electron chi connectivity index (χ4n) is 1.72. The van der Waals surface area contributed by atoms with Crippen LogP contribution < -0.4 is 0 Å². The van der Waals surface area contributed by atoms with E-state index in [-0.39, 0.29) is 5.78 Å². The molecule has 0 saturated heterocycles. The summed E-state index contributed by atoms with van der Waals surface area (Å²) in [5.41, 5.74) is 1.59. The van der Waals surface area contributed by atoms with Gasteiger partial charge in [0.2, 0.25) is 5.89 Å². The highest BCUT2D eigenvalue weighted by Gasteiger charge is 2.19. The van der Waals surface area contributed by atoms with Gasteiger partial charge in [0, 0.05) is 10.9 Å². The second-order valence-corrected chi connectivity index (χ2v) is 4.76. The SMILES string of the molecule is CCC(=O)c1oc(-c2ccccc2Br)nc1CC. The number of hydrogen-bond donors (Lipinski definition) is 0. The van der Waals surface area contributed by atoms with E-state index in [1.807, 2.05) is 38.1 Å². The molecule has 0 fully saturated rings. The molecule has 1 aromatic heterocycles. The number of halogens is 1. The maximum atomic E-state index is 11.8. The second kappa shape index (κ2) is 5.48.